The summed E-state index contributed by atoms with van der Waals surface area (Å²) in [6, 6.07) is 28.1. The molecular formula is C27H27NO2. The summed E-state index contributed by atoms with van der Waals surface area (Å²) in [4.78, 5) is 27.5. The van der Waals surface area contributed by atoms with E-state index in [1.54, 1.807) is 6.92 Å². The van der Waals surface area contributed by atoms with Crippen LogP contribution in [0, 0.1) is 0 Å². The molecule has 0 atom stereocenters. The van der Waals surface area contributed by atoms with E-state index in [0.717, 1.165) is 48.2 Å². The van der Waals surface area contributed by atoms with Gasteiger partial charge >= 0.3 is 0 Å². The maximum absolute atomic E-state index is 12.8. The van der Waals surface area contributed by atoms with E-state index in [9.17, 15) is 9.59 Å². The fourth-order valence-electron chi connectivity index (χ4n) is 4.47. The van der Waals surface area contributed by atoms with Gasteiger partial charge in [-0.3, -0.25) is 14.5 Å². The number of carbonyl (C=O) groups excluding carboxylic acids is 2. The zero-order valence-corrected chi connectivity index (χ0v) is 17.4. The number of benzene rings is 3. The fraction of sp³-hybridized carbons (Fsp3) is 0.259. The number of hydrogen-bond acceptors (Lipinski definition) is 3. The molecule has 152 valence electrons. The molecule has 0 aromatic heterocycles. The Labute approximate surface area is 178 Å². The Kier molecular flexibility index (Phi) is 5.91. The van der Waals surface area contributed by atoms with E-state index in [1.807, 2.05) is 60.7 Å². The topological polar surface area (TPSA) is 37.4 Å². The third-order valence-electron chi connectivity index (χ3n) is 6.39. The van der Waals surface area contributed by atoms with Crippen LogP contribution in [0.25, 0.3) is 11.1 Å². The van der Waals surface area contributed by atoms with Crippen LogP contribution in [-0.2, 0) is 10.2 Å². The van der Waals surface area contributed by atoms with Crippen LogP contribution in [0.4, 0.5) is 0 Å². The number of carbonyl (C=O) groups is 2. The highest BCUT2D eigenvalue weighted by atomic mass is 16.1. The van der Waals surface area contributed by atoms with Gasteiger partial charge in [-0.15, -0.1) is 0 Å². The lowest BCUT2D eigenvalue weighted by atomic mass is 9.70. The number of ketones is 2. The van der Waals surface area contributed by atoms with E-state index in [2.05, 4.69) is 29.2 Å². The molecule has 0 unspecified atom stereocenters. The molecular weight excluding hydrogens is 370 g/mol. The van der Waals surface area contributed by atoms with Gasteiger partial charge in [-0.25, -0.2) is 0 Å². The van der Waals surface area contributed by atoms with Crippen LogP contribution in [0.2, 0.25) is 0 Å². The number of hydrogen-bond donors (Lipinski definition) is 0. The zero-order chi connectivity index (χ0) is 21.0. The van der Waals surface area contributed by atoms with E-state index in [-0.39, 0.29) is 11.6 Å². The van der Waals surface area contributed by atoms with Crippen molar-refractivity contribution in [3.8, 4) is 11.1 Å². The first-order chi connectivity index (χ1) is 14.6. The Hall–Kier alpha value is -3.04. The molecule has 0 N–H and O–H groups in total. The van der Waals surface area contributed by atoms with Crippen LogP contribution >= 0.6 is 0 Å². The predicted molar refractivity (Wildman–Crippen MR) is 121 cm³/mol. The third kappa shape index (κ3) is 4.12. The molecule has 4 rings (SSSR count). The minimum absolute atomic E-state index is 0.129. The summed E-state index contributed by atoms with van der Waals surface area (Å²) in [6.45, 7) is 3.60. The third-order valence-corrected chi connectivity index (χ3v) is 6.39. The van der Waals surface area contributed by atoms with Gasteiger partial charge in [-0.1, -0.05) is 84.9 Å². The first-order valence-corrected chi connectivity index (χ1v) is 10.6. The standard InChI is InChI=1S/C27H27NO2/c1-21(29)27(25-10-6-3-7-11-25)16-18-28(19-17-27)20-26(30)24-14-12-23(13-15-24)22-8-4-2-5-9-22/h2-15H,16-20H2,1H3. The van der Waals surface area contributed by atoms with Crippen molar-refractivity contribution in [2.75, 3.05) is 19.6 Å². The molecule has 0 bridgehead atoms. The number of piperidine rings is 1. The predicted octanol–water partition coefficient (Wildman–Crippen LogP) is 5.16. The lowest BCUT2D eigenvalue weighted by Gasteiger charge is -2.40. The van der Waals surface area contributed by atoms with Crippen molar-refractivity contribution < 1.29 is 9.59 Å². The SMILES string of the molecule is CC(=O)C1(c2ccccc2)CCN(CC(=O)c2ccc(-c3ccccc3)cc2)CC1. The molecule has 3 aromatic rings. The lowest BCUT2D eigenvalue weighted by Crippen LogP contribution is -2.47. The van der Waals surface area contributed by atoms with Gasteiger partial charge in [0.15, 0.2) is 5.78 Å². The van der Waals surface area contributed by atoms with Crippen molar-refractivity contribution >= 4 is 11.6 Å². The quantitative estimate of drug-likeness (QED) is 0.539. The number of likely N-dealkylation sites (tertiary alicyclic amines) is 1. The van der Waals surface area contributed by atoms with Crippen molar-refractivity contribution in [3.05, 3.63) is 96.1 Å². The van der Waals surface area contributed by atoms with Gasteiger partial charge in [0, 0.05) is 5.56 Å². The Bertz CT molecular complexity index is 1000. The highest BCUT2D eigenvalue weighted by Crippen LogP contribution is 2.36. The minimum Gasteiger partial charge on any atom is -0.299 e. The van der Waals surface area contributed by atoms with Gasteiger partial charge < -0.3 is 0 Å². The highest BCUT2D eigenvalue weighted by molar-refractivity contribution is 5.98. The maximum Gasteiger partial charge on any atom is 0.176 e. The Morgan fingerprint density at radius 1 is 0.767 bits per heavy atom. The molecule has 1 saturated heterocycles. The molecule has 1 aliphatic heterocycles. The molecule has 0 radical (unpaired) electrons. The number of rotatable bonds is 6. The van der Waals surface area contributed by atoms with Crippen LogP contribution in [0.3, 0.4) is 0 Å². The average Bonchev–Trinajstić information content (AvgIpc) is 2.81. The van der Waals surface area contributed by atoms with Gasteiger partial charge in [-0.2, -0.15) is 0 Å². The number of Topliss-reactive ketones (excluding diaryl/α,β-unsaturated/α-hetero) is 2. The molecule has 1 aliphatic rings. The van der Waals surface area contributed by atoms with Crippen LogP contribution < -0.4 is 0 Å². The zero-order valence-electron chi connectivity index (χ0n) is 17.4. The maximum atomic E-state index is 12.8. The average molecular weight is 398 g/mol. The summed E-state index contributed by atoms with van der Waals surface area (Å²) < 4.78 is 0. The second-order valence-electron chi connectivity index (χ2n) is 8.15. The molecule has 1 heterocycles. The Morgan fingerprint density at radius 2 is 1.30 bits per heavy atom. The molecule has 0 spiro atoms. The van der Waals surface area contributed by atoms with E-state index < -0.39 is 5.41 Å². The van der Waals surface area contributed by atoms with Gasteiger partial charge in [0.2, 0.25) is 0 Å². The van der Waals surface area contributed by atoms with Crippen molar-refractivity contribution in [1.82, 2.24) is 4.90 Å². The molecule has 3 nitrogen and oxygen atoms in total. The molecule has 3 aromatic carbocycles. The molecule has 0 aliphatic carbocycles. The monoisotopic (exact) mass is 397 g/mol. The van der Waals surface area contributed by atoms with Crippen LogP contribution in [0.1, 0.15) is 35.7 Å². The largest absolute Gasteiger partial charge is 0.299 e. The minimum atomic E-state index is -0.419. The van der Waals surface area contributed by atoms with Gasteiger partial charge in [-0.05, 0) is 49.5 Å². The second-order valence-corrected chi connectivity index (χ2v) is 8.15. The first-order valence-electron chi connectivity index (χ1n) is 10.6. The normalized spacial score (nSPS) is 16.2. The first kappa shape index (κ1) is 20.2. The molecule has 3 heteroatoms. The van der Waals surface area contributed by atoms with Crippen LogP contribution in [0.15, 0.2) is 84.9 Å². The van der Waals surface area contributed by atoms with Gasteiger partial charge in [0.05, 0.1) is 12.0 Å². The van der Waals surface area contributed by atoms with Crippen molar-refractivity contribution in [2.24, 2.45) is 0 Å². The van der Waals surface area contributed by atoms with E-state index >= 15 is 0 Å². The smallest absolute Gasteiger partial charge is 0.176 e. The molecule has 0 saturated carbocycles. The summed E-state index contributed by atoms with van der Waals surface area (Å²) in [5.41, 5.74) is 3.67. The lowest BCUT2D eigenvalue weighted by molar-refractivity contribution is -0.124. The molecule has 1 fully saturated rings. The highest BCUT2D eigenvalue weighted by Gasteiger charge is 2.40. The summed E-state index contributed by atoms with van der Waals surface area (Å²) in [5.74, 6) is 0.348. The summed E-state index contributed by atoms with van der Waals surface area (Å²) in [5, 5.41) is 0. The molecule has 30 heavy (non-hydrogen) atoms. The van der Waals surface area contributed by atoms with Gasteiger partial charge in [0.1, 0.15) is 5.78 Å². The van der Waals surface area contributed by atoms with Crippen LogP contribution in [-0.4, -0.2) is 36.1 Å². The summed E-state index contributed by atoms with van der Waals surface area (Å²) in [6.07, 6.45) is 1.51. The number of nitrogens with zero attached hydrogens (tertiary/aromatic N) is 1. The second kappa shape index (κ2) is 8.76. The van der Waals surface area contributed by atoms with E-state index in [4.69, 9.17) is 0 Å². The van der Waals surface area contributed by atoms with Crippen molar-refractivity contribution in [1.29, 1.82) is 0 Å². The van der Waals surface area contributed by atoms with E-state index in [1.165, 1.54) is 0 Å². The van der Waals surface area contributed by atoms with Crippen LogP contribution in [0.5, 0.6) is 0 Å². The van der Waals surface area contributed by atoms with Gasteiger partial charge in [0.25, 0.3) is 0 Å². The van der Waals surface area contributed by atoms with Crippen molar-refractivity contribution in [2.45, 2.75) is 25.2 Å². The summed E-state index contributed by atoms with van der Waals surface area (Å²) >= 11 is 0. The van der Waals surface area contributed by atoms with Crippen molar-refractivity contribution in [3.63, 3.8) is 0 Å². The Morgan fingerprint density at radius 3 is 1.87 bits per heavy atom. The van der Waals surface area contributed by atoms with E-state index in [0.29, 0.717) is 6.54 Å². The molecule has 0 amide bonds. The summed E-state index contributed by atoms with van der Waals surface area (Å²) in [7, 11) is 0. The fourth-order valence-corrected chi connectivity index (χ4v) is 4.47. The Balaban J connectivity index is 1.40.